The van der Waals surface area contributed by atoms with E-state index in [1.807, 2.05) is 25.3 Å². The van der Waals surface area contributed by atoms with Crippen LogP contribution in [0.15, 0.2) is 24.3 Å². The van der Waals surface area contributed by atoms with Crippen molar-refractivity contribution in [2.45, 2.75) is 31.6 Å². The van der Waals surface area contributed by atoms with E-state index in [4.69, 9.17) is 21.7 Å². The molecule has 1 aromatic rings. The van der Waals surface area contributed by atoms with Gasteiger partial charge >= 0.3 is 0 Å². The van der Waals surface area contributed by atoms with Crippen molar-refractivity contribution in [1.82, 2.24) is 10.2 Å². The van der Waals surface area contributed by atoms with E-state index in [1.54, 1.807) is 7.11 Å². The minimum absolute atomic E-state index is 0.0255. The Kier molecular flexibility index (Phi) is 4.73. The molecule has 0 saturated carbocycles. The quantitative estimate of drug-likeness (QED) is 0.601. The Labute approximate surface area is 141 Å². The van der Waals surface area contributed by atoms with Gasteiger partial charge in [0.1, 0.15) is 6.10 Å². The predicted molar refractivity (Wildman–Crippen MR) is 92.9 cm³/mol. The normalized spacial score (nSPS) is 24.4. The molecule has 124 valence electrons. The van der Waals surface area contributed by atoms with Gasteiger partial charge in [0.2, 0.25) is 0 Å². The summed E-state index contributed by atoms with van der Waals surface area (Å²) in [6, 6.07) is 4.02. The van der Waals surface area contributed by atoms with E-state index >= 15 is 0 Å². The summed E-state index contributed by atoms with van der Waals surface area (Å²) < 4.78 is 11.5. The Bertz CT molecular complexity index is 633. The number of aliphatic hydroxyl groups is 1. The average molecular weight is 334 g/mol. The van der Waals surface area contributed by atoms with E-state index in [0.29, 0.717) is 24.6 Å². The molecule has 0 fully saturated rings. The summed E-state index contributed by atoms with van der Waals surface area (Å²) in [5, 5.41) is 13.9. The SMILES string of the molecule is CNC(=S)N1C/C=C/[C@H](O)CC2Cc3c(ccc(OC)c3O2)C1. The van der Waals surface area contributed by atoms with Crippen LogP contribution >= 0.6 is 12.2 Å². The standard InChI is InChI=1S/C17H22N2O3S/c1-18-17(23)19-7-3-4-12(20)8-13-9-14-11(10-19)5-6-15(21-2)16(14)22-13/h3-6,12-13,20H,7-10H2,1-2H3,(H,18,23)/b4-3+/t12-,13?/m0/s1. The fourth-order valence-electron chi connectivity index (χ4n) is 3.15. The molecule has 2 aliphatic rings. The Morgan fingerprint density at radius 1 is 1.48 bits per heavy atom. The summed E-state index contributed by atoms with van der Waals surface area (Å²) in [5.41, 5.74) is 2.35. The Morgan fingerprint density at radius 2 is 2.30 bits per heavy atom. The van der Waals surface area contributed by atoms with Gasteiger partial charge in [0.15, 0.2) is 16.6 Å². The topological polar surface area (TPSA) is 54.0 Å². The van der Waals surface area contributed by atoms with Crippen LogP contribution in [0.1, 0.15) is 17.5 Å². The molecule has 0 saturated heterocycles. The lowest BCUT2D eigenvalue weighted by molar-refractivity contribution is 0.133. The zero-order chi connectivity index (χ0) is 16.4. The third kappa shape index (κ3) is 3.28. The summed E-state index contributed by atoms with van der Waals surface area (Å²) in [4.78, 5) is 2.07. The number of hydrogen-bond acceptors (Lipinski definition) is 4. The van der Waals surface area contributed by atoms with Crippen LogP contribution in [0.3, 0.4) is 0 Å². The second kappa shape index (κ2) is 6.76. The van der Waals surface area contributed by atoms with Crippen molar-refractivity contribution in [2.24, 2.45) is 0 Å². The highest BCUT2D eigenvalue weighted by atomic mass is 32.1. The van der Waals surface area contributed by atoms with Crippen molar-refractivity contribution in [1.29, 1.82) is 0 Å². The predicted octanol–water partition coefficient (Wildman–Crippen LogP) is 1.63. The smallest absolute Gasteiger partial charge is 0.169 e. The first kappa shape index (κ1) is 16.1. The average Bonchev–Trinajstić information content (AvgIpc) is 2.95. The highest BCUT2D eigenvalue weighted by Crippen LogP contribution is 2.41. The van der Waals surface area contributed by atoms with Crippen LogP contribution in [0.5, 0.6) is 11.5 Å². The molecule has 5 nitrogen and oxygen atoms in total. The number of nitrogens with zero attached hydrogens (tertiary/aromatic N) is 1. The summed E-state index contributed by atoms with van der Waals surface area (Å²) in [6.45, 7) is 1.35. The number of ether oxygens (including phenoxy) is 2. The molecule has 2 bridgehead atoms. The zero-order valence-electron chi connectivity index (χ0n) is 13.4. The lowest BCUT2D eigenvalue weighted by atomic mass is 10.00. The molecule has 0 amide bonds. The number of thiocarbonyl (C=S) groups is 1. The number of fused-ring (bicyclic) bond motifs is 1. The van der Waals surface area contributed by atoms with E-state index in [1.165, 1.54) is 5.56 Å². The fourth-order valence-corrected chi connectivity index (χ4v) is 3.29. The number of methoxy groups -OCH3 is 1. The Hall–Kier alpha value is -1.79. The molecule has 0 radical (unpaired) electrons. The molecule has 2 N–H and O–H groups in total. The maximum Gasteiger partial charge on any atom is 0.169 e. The van der Waals surface area contributed by atoms with Gasteiger partial charge in [0.05, 0.1) is 13.2 Å². The maximum absolute atomic E-state index is 10.2. The van der Waals surface area contributed by atoms with E-state index in [0.717, 1.165) is 23.5 Å². The largest absolute Gasteiger partial charge is 0.493 e. The van der Waals surface area contributed by atoms with Crippen molar-refractivity contribution in [3.63, 3.8) is 0 Å². The van der Waals surface area contributed by atoms with Gasteiger partial charge in [-0.15, -0.1) is 0 Å². The molecule has 23 heavy (non-hydrogen) atoms. The number of benzene rings is 1. The number of aliphatic hydroxyl groups excluding tert-OH is 1. The van der Waals surface area contributed by atoms with Gasteiger partial charge in [-0.3, -0.25) is 0 Å². The van der Waals surface area contributed by atoms with E-state index in [-0.39, 0.29) is 6.10 Å². The Morgan fingerprint density at radius 3 is 3.04 bits per heavy atom. The first-order valence-corrected chi connectivity index (χ1v) is 8.20. The van der Waals surface area contributed by atoms with Crippen molar-refractivity contribution < 1.29 is 14.6 Å². The number of hydrogen-bond donors (Lipinski definition) is 2. The molecule has 2 atom stereocenters. The van der Waals surface area contributed by atoms with Crippen molar-refractivity contribution in [3.05, 3.63) is 35.4 Å². The van der Waals surface area contributed by atoms with Crippen LogP contribution in [0, 0.1) is 0 Å². The highest BCUT2D eigenvalue weighted by Gasteiger charge is 2.30. The van der Waals surface area contributed by atoms with Gasteiger partial charge in [-0.05, 0) is 23.8 Å². The van der Waals surface area contributed by atoms with Crippen LogP contribution in [-0.4, -0.2) is 48.0 Å². The summed E-state index contributed by atoms with van der Waals surface area (Å²) >= 11 is 5.40. The van der Waals surface area contributed by atoms with Crippen LogP contribution < -0.4 is 14.8 Å². The molecule has 0 aliphatic carbocycles. The molecule has 2 heterocycles. The van der Waals surface area contributed by atoms with Gasteiger partial charge < -0.3 is 24.8 Å². The van der Waals surface area contributed by atoms with Crippen LogP contribution in [-0.2, 0) is 13.0 Å². The molecule has 1 unspecified atom stereocenters. The lowest BCUT2D eigenvalue weighted by Crippen LogP contribution is -2.37. The molecule has 3 rings (SSSR count). The molecular weight excluding hydrogens is 312 g/mol. The van der Waals surface area contributed by atoms with Gasteiger partial charge in [0, 0.05) is 38.5 Å². The van der Waals surface area contributed by atoms with Crippen molar-refractivity contribution in [2.75, 3.05) is 20.7 Å². The highest BCUT2D eigenvalue weighted by molar-refractivity contribution is 7.80. The van der Waals surface area contributed by atoms with Gasteiger partial charge in [-0.2, -0.15) is 0 Å². The molecule has 0 aromatic heterocycles. The lowest BCUT2D eigenvalue weighted by Gasteiger charge is -2.25. The van der Waals surface area contributed by atoms with Gasteiger partial charge in [-0.1, -0.05) is 18.2 Å². The van der Waals surface area contributed by atoms with Gasteiger partial charge in [-0.25, -0.2) is 0 Å². The van der Waals surface area contributed by atoms with Crippen molar-refractivity contribution in [3.8, 4) is 11.5 Å². The summed E-state index contributed by atoms with van der Waals surface area (Å²) in [6.07, 6.45) is 4.59. The number of nitrogens with one attached hydrogen (secondary N) is 1. The zero-order valence-corrected chi connectivity index (χ0v) is 14.2. The summed E-state index contributed by atoms with van der Waals surface area (Å²) in [5.74, 6) is 1.55. The second-order valence-corrected chi connectivity index (χ2v) is 6.23. The molecule has 6 heteroatoms. The second-order valence-electron chi connectivity index (χ2n) is 5.85. The molecule has 1 aromatic carbocycles. The van der Waals surface area contributed by atoms with E-state index in [9.17, 15) is 5.11 Å². The van der Waals surface area contributed by atoms with E-state index < -0.39 is 6.10 Å². The van der Waals surface area contributed by atoms with E-state index in [2.05, 4.69) is 16.3 Å². The van der Waals surface area contributed by atoms with Crippen LogP contribution in [0.4, 0.5) is 0 Å². The van der Waals surface area contributed by atoms with Crippen molar-refractivity contribution >= 4 is 17.3 Å². The maximum atomic E-state index is 10.2. The minimum atomic E-state index is -0.521. The van der Waals surface area contributed by atoms with Crippen LogP contribution in [0.2, 0.25) is 0 Å². The Balaban J connectivity index is 2.00. The molecular formula is C17H22N2O3S. The van der Waals surface area contributed by atoms with Crippen LogP contribution in [0.25, 0.3) is 0 Å². The monoisotopic (exact) mass is 334 g/mol. The summed E-state index contributed by atoms with van der Waals surface area (Å²) in [7, 11) is 3.47. The molecule has 0 spiro atoms. The number of rotatable bonds is 1. The molecule has 2 aliphatic heterocycles. The first-order valence-electron chi connectivity index (χ1n) is 7.79. The third-order valence-electron chi connectivity index (χ3n) is 4.31. The third-order valence-corrected chi connectivity index (χ3v) is 4.77. The fraction of sp³-hybridized carbons (Fsp3) is 0.471. The minimum Gasteiger partial charge on any atom is -0.493 e. The van der Waals surface area contributed by atoms with Gasteiger partial charge in [0.25, 0.3) is 0 Å². The first-order chi connectivity index (χ1) is 11.1.